The number of rotatable bonds is 8. The Hall–Kier alpha value is -3.19. The van der Waals surface area contributed by atoms with Gasteiger partial charge >= 0.3 is 5.97 Å². The summed E-state index contributed by atoms with van der Waals surface area (Å²) in [7, 11) is 0. The highest BCUT2D eigenvalue weighted by Gasteiger charge is 2.53. The average molecular weight is 530 g/mol. The summed E-state index contributed by atoms with van der Waals surface area (Å²) in [6.45, 7) is 2.85. The van der Waals surface area contributed by atoms with Gasteiger partial charge in [0.1, 0.15) is 6.04 Å². The summed E-state index contributed by atoms with van der Waals surface area (Å²) >= 11 is 0. The van der Waals surface area contributed by atoms with Crippen LogP contribution in [0.4, 0.5) is 0 Å². The van der Waals surface area contributed by atoms with Crippen LogP contribution in [0, 0.1) is 17.8 Å². The lowest BCUT2D eigenvalue weighted by molar-refractivity contribution is -0.155. The fourth-order valence-corrected chi connectivity index (χ4v) is 8.08. The van der Waals surface area contributed by atoms with Crippen molar-refractivity contribution in [2.24, 2.45) is 17.8 Å². The predicted octanol–water partition coefficient (Wildman–Crippen LogP) is 3.68. The first kappa shape index (κ1) is 26.1. The zero-order chi connectivity index (χ0) is 26.8. The molecule has 7 heteroatoms. The Kier molecular flexibility index (Phi) is 7.43. The molecular weight excluding hydrogens is 490 g/mol. The number of hydrogen-bond donors (Lipinski definition) is 1. The van der Waals surface area contributed by atoms with Crippen molar-refractivity contribution >= 4 is 17.8 Å². The molecule has 5 fully saturated rings. The molecule has 0 spiro atoms. The second-order valence-corrected chi connectivity index (χ2v) is 12.2. The van der Waals surface area contributed by atoms with E-state index in [4.69, 9.17) is 4.74 Å². The zero-order valence-electron chi connectivity index (χ0n) is 22.6. The number of piperazine rings is 1. The van der Waals surface area contributed by atoms with E-state index < -0.39 is 12.0 Å². The van der Waals surface area contributed by atoms with Crippen LogP contribution in [-0.2, 0) is 20.7 Å². The van der Waals surface area contributed by atoms with E-state index >= 15 is 0 Å². The number of ether oxygens (including phenoxy) is 1. The van der Waals surface area contributed by atoms with Gasteiger partial charge in [0, 0.05) is 43.7 Å². The highest BCUT2D eigenvalue weighted by molar-refractivity contribution is 5.97. The third kappa shape index (κ3) is 5.74. The molecule has 1 N–H and O–H groups in total. The Bertz CT molecular complexity index is 1140. The smallest absolute Gasteiger partial charge is 0.329 e. The lowest BCUT2D eigenvalue weighted by Crippen LogP contribution is -2.64. The van der Waals surface area contributed by atoms with E-state index in [9.17, 15) is 14.4 Å². The van der Waals surface area contributed by atoms with Gasteiger partial charge < -0.3 is 15.0 Å². The van der Waals surface area contributed by atoms with Crippen LogP contribution in [0.1, 0.15) is 54.4 Å². The molecule has 39 heavy (non-hydrogen) atoms. The first-order valence-corrected chi connectivity index (χ1v) is 14.6. The number of esters is 1. The van der Waals surface area contributed by atoms with Crippen LogP contribution in [0.15, 0.2) is 60.7 Å². The van der Waals surface area contributed by atoms with Crippen molar-refractivity contribution in [1.29, 1.82) is 0 Å². The minimum Gasteiger partial charge on any atom is -0.454 e. The Morgan fingerprint density at radius 2 is 1.38 bits per heavy atom. The maximum atomic E-state index is 13.1. The van der Waals surface area contributed by atoms with Crippen molar-refractivity contribution in [3.8, 4) is 0 Å². The molecule has 2 aromatic carbocycles. The second-order valence-electron chi connectivity index (χ2n) is 12.2. The Labute approximate surface area is 230 Å². The number of nitrogens with zero attached hydrogens (tertiary/aromatic N) is 2. The molecular formula is C32H39N3O4. The molecule has 0 radical (unpaired) electrons. The van der Waals surface area contributed by atoms with Crippen molar-refractivity contribution in [3.63, 3.8) is 0 Å². The van der Waals surface area contributed by atoms with Gasteiger partial charge in [-0.1, -0.05) is 48.5 Å². The van der Waals surface area contributed by atoms with Crippen molar-refractivity contribution in [1.82, 2.24) is 15.1 Å². The highest BCUT2D eigenvalue weighted by Crippen LogP contribution is 2.57. The van der Waals surface area contributed by atoms with Crippen LogP contribution in [0.5, 0.6) is 0 Å². The Balaban J connectivity index is 1.03. The van der Waals surface area contributed by atoms with Gasteiger partial charge in [-0.2, -0.15) is 0 Å². The minimum atomic E-state index is -0.888. The van der Waals surface area contributed by atoms with Gasteiger partial charge in [-0.15, -0.1) is 0 Å². The third-order valence-electron chi connectivity index (χ3n) is 9.56. The number of nitrogens with one attached hydrogen (secondary N) is 1. The average Bonchev–Trinajstić information content (AvgIpc) is 2.96. The van der Waals surface area contributed by atoms with Crippen LogP contribution < -0.4 is 5.32 Å². The van der Waals surface area contributed by atoms with Gasteiger partial charge in [0.25, 0.3) is 11.8 Å². The number of amides is 2. The summed E-state index contributed by atoms with van der Waals surface area (Å²) in [6, 6.07) is 17.4. The van der Waals surface area contributed by atoms with E-state index in [0.29, 0.717) is 24.2 Å². The Morgan fingerprint density at radius 1 is 0.821 bits per heavy atom. The largest absolute Gasteiger partial charge is 0.454 e. The first-order chi connectivity index (χ1) is 19.0. The van der Waals surface area contributed by atoms with Crippen LogP contribution >= 0.6 is 0 Å². The number of benzene rings is 2. The monoisotopic (exact) mass is 529 g/mol. The Morgan fingerprint density at radius 3 is 1.97 bits per heavy atom. The lowest BCUT2D eigenvalue weighted by Gasteiger charge is -2.61. The van der Waals surface area contributed by atoms with E-state index in [2.05, 4.69) is 10.2 Å². The van der Waals surface area contributed by atoms with Crippen molar-refractivity contribution in [2.75, 3.05) is 32.8 Å². The molecule has 2 amide bonds. The van der Waals surface area contributed by atoms with Crippen LogP contribution in [0.25, 0.3) is 0 Å². The van der Waals surface area contributed by atoms with Gasteiger partial charge in [0.05, 0.1) is 0 Å². The molecule has 5 aliphatic rings. The summed E-state index contributed by atoms with van der Waals surface area (Å²) in [5.41, 5.74) is 1.73. The fourth-order valence-electron chi connectivity index (χ4n) is 8.08. The predicted molar refractivity (Wildman–Crippen MR) is 148 cm³/mol. The SMILES string of the molecule is O=C(NC(Cc1ccccc1)C(=O)OCC(=O)N1CCN(C23CC4CC(CC(C4)C2)C3)CC1)c1ccccc1. The number of carbonyl (C=O) groups excluding carboxylic acids is 3. The topological polar surface area (TPSA) is 78.9 Å². The molecule has 4 aliphatic carbocycles. The maximum Gasteiger partial charge on any atom is 0.329 e. The van der Waals surface area contributed by atoms with Gasteiger partial charge in [0.2, 0.25) is 0 Å². The van der Waals surface area contributed by atoms with Crippen LogP contribution in [0.2, 0.25) is 0 Å². The summed E-state index contributed by atoms with van der Waals surface area (Å²) in [6.07, 6.45) is 8.59. The molecule has 1 saturated heterocycles. The van der Waals surface area contributed by atoms with Crippen LogP contribution in [-0.4, -0.2) is 72.0 Å². The lowest BCUT2D eigenvalue weighted by atomic mass is 9.52. The zero-order valence-corrected chi connectivity index (χ0v) is 22.6. The number of carbonyl (C=O) groups is 3. The molecule has 0 aromatic heterocycles. The molecule has 4 saturated carbocycles. The summed E-state index contributed by atoms with van der Waals surface area (Å²) in [5, 5.41) is 2.81. The molecule has 1 atom stereocenters. The molecule has 7 nitrogen and oxygen atoms in total. The molecule has 1 heterocycles. The summed E-state index contributed by atoms with van der Waals surface area (Å²) < 4.78 is 5.50. The first-order valence-electron chi connectivity index (χ1n) is 14.6. The van der Waals surface area contributed by atoms with Crippen molar-refractivity contribution in [3.05, 3.63) is 71.8 Å². The minimum absolute atomic E-state index is 0.165. The van der Waals surface area contributed by atoms with Gasteiger partial charge in [-0.05, 0) is 74.0 Å². The third-order valence-corrected chi connectivity index (χ3v) is 9.56. The molecule has 1 unspecified atom stereocenters. The van der Waals surface area contributed by atoms with Crippen molar-refractivity contribution < 1.29 is 19.1 Å². The van der Waals surface area contributed by atoms with E-state index in [1.165, 1.54) is 38.5 Å². The summed E-state index contributed by atoms with van der Waals surface area (Å²) in [4.78, 5) is 43.4. The van der Waals surface area contributed by atoms with E-state index in [1.54, 1.807) is 24.3 Å². The van der Waals surface area contributed by atoms with Crippen molar-refractivity contribution in [2.45, 2.75) is 56.5 Å². The molecule has 4 bridgehead atoms. The van der Waals surface area contributed by atoms with Gasteiger partial charge in [-0.25, -0.2) is 4.79 Å². The molecule has 7 rings (SSSR count). The quantitative estimate of drug-likeness (QED) is 0.528. The van der Waals surface area contributed by atoms with Crippen LogP contribution in [0.3, 0.4) is 0 Å². The molecule has 1 aliphatic heterocycles. The molecule has 2 aromatic rings. The van der Waals surface area contributed by atoms with E-state index in [1.807, 2.05) is 41.3 Å². The molecule has 206 valence electrons. The fraction of sp³-hybridized carbons (Fsp3) is 0.531. The van der Waals surface area contributed by atoms with E-state index in [0.717, 1.165) is 36.4 Å². The van der Waals surface area contributed by atoms with E-state index in [-0.39, 0.29) is 24.8 Å². The standard InChI is InChI=1S/C32H39N3O4/c36-29(34-11-13-35(14-12-34)32-19-24-15-25(20-32)17-26(16-24)21-32)22-39-31(38)28(18-23-7-3-1-4-8-23)33-30(37)27-9-5-2-6-10-27/h1-10,24-26,28H,11-22H2,(H,33,37). The number of hydrogen-bond acceptors (Lipinski definition) is 5. The van der Waals surface area contributed by atoms with Gasteiger partial charge in [-0.3, -0.25) is 14.5 Å². The maximum absolute atomic E-state index is 13.1. The second kappa shape index (κ2) is 11.1. The summed E-state index contributed by atoms with van der Waals surface area (Å²) in [5.74, 6) is 1.61. The van der Waals surface area contributed by atoms with Gasteiger partial charge in [0.15, 0.2) is 6.61 Å². The highest BCUT2D eigenvalue weighted by atomic mass is 16.5. The normalized spacial score (nSPS) is 28.6.